The van der Waals surface area contributed by atoms with Crippen molar-refractivity contribution in [3.05, 3.63) is 76.4 Å². The molecule has 1 N–H and O–H groups in total. The molecule has 0 aliphatic rings. The third-order valence-corrected chi connectivity index (χ3v) is 3.82. The highest BCUT2D eigenvalue weighted by molar-refractivity contribution is 6.31. The quantitative estimate of drug-likeness (QED) is 0.730. The highest BCUT2D eigenvalue weighted by atomic mass is 35.5. The first-order chi connectivity index (χ1) is 12.1. The Morgan fingerprint density at radius 3 is 2.72 bits per heavy atom. The summed E-state index contributed by atoms with van der Waals surface area (Å²) in [5, 5.41) is 7.22. The van der Waals surface area contributed by atoms with Crippen LogP contribution in [-0.4, -0.2) is 16.0 Å². The third kappa shape index (κ3) is 4.36. The molecule has 7 heteroatoms. The van der Waals surface area contributed by atoms with Gasteiger partial charge >= 0.3 is 0 Å². The average Bonchev–Trinajstić information content (AvgIpc) is 3.04. The van der Waals surface area contributed by atoms with Crippen LogP contribution in [0.4, 0.5) is 0 Å². The molecule has 6 nitrogen and oxygen atoms in total. The number of aromatic nitrogens is 2. The van der Waals surface area contributed by atoms with Gasteiger partial charge in [-0.3, -0.25) is 4.79 Å². The molecule has 0 aliphatic heterocycles. The summed E-state index contributed by atoms with van der Waals surface area (Å²) in [6.45, 7) is 2.15. The summed E-state index contributed by atoms with van der Waals surface area (Å²) in [6, 6.07) is 14.3. The second-order valence-electron chi connectivity index (χ2n) is 5.29. The van der Waals surface area contributed by atoms with Gasteiger partial charge in [0.2, 0.25) is 11.7 Å². The summed E-state index contributed by atoms with van der Waals surface area (Å²) in [6.07, 6.45) is 0. The number of ether oxygens (including phenoxy) is 1. The topological polar surface area (TPSA) is 77.2 Å². The van der Waals surface area contributed by atoms with Crippen molar-refractivity contribution < 1.29 is 14.1 Å². The maximum absolute atomic E-state index is 12.5. The van der Waals surface area contributed by atoms with Crippen molar-refractivity contribution in [1.29, 1.82) is 0 Å². The fourth-order valence-electron chi connectivity index (χ4n) is 2.23. The zero-order valence-corrected chi connectivity index (χ0v) is 14.3. The zero-order chi connectivity index (χ0) is 17.6. The summed E-state index contributed by atoms with van der Waals surface area (Å²) in [5.74, 6) is 1.08. The van der Waals surface area contributed by atoms with E-state index in [1.807, 2.05) is 18.2 Å². The van der Waals surface area contributed by atoms with Gasteiger partial charge in [0, 0.05) is 18.5 Å². The first-order valence-electron chi connectivity index (χ1n) is 7.66. The Balaban J connectivity index is 1.67. The molecule has 0 aliphatic carbocycles. The molecule has 25 heavy (non-hydrogen) atoms. The molecular formula is C18H16ClN3O3. The maximum atomic E-state index is 12.5. The van der Waals surface area contributed by atoms with E-state index in [1.165, 1.54) is 0 Å². The van der Waals surface area contributed by atoms with Crippen molar-refractivity contribution in [2.45, 2.75) is 20.1 Å². The Morgan fingerprint density at radius 2 is 1.96 bits per heavy atom. The molecule has 1 aromatic heterocycles. The number of hydrogen-bond donors (Lipinski definition) is 1. The highest BCUT2D eigenvalue weighted by Gasteiger charge is 2.13. The number of aryl methyl sites for hydroxylation is 1. The Morgan fingerprint density at radius 1 is 1.20 bits per heavy atom. The van der Waals surface area contributed by atoms with Gasteiger partial charge in [-0.1, -0.05) is 47.1 Å². The standard InChI is InChI=1S/C18H16ClN3O3/c1-12-21-17(22-25-12)11-24-16-9-5-3-7-14(16)18(23)20-10-13-6-2-4-8-15(13)19/h2-9H,10-11H2,1H3,(H,20,23). The summed E-state index contributed by atoms with van der Waals surface area (Å²) in [4.78, 5) is 16.5. The molecule has 0 fully saturated rings. The number of amides is 1. The summed E-state index contributed by atoms with van der Waals surface area (Å²) >= 11 is 6.11. The largest absolute Gasteiger partial charge is 0.485 e. The first-order valence-corrected chi connectivity index (χ1v) is 8.04. The zero-order valence-electron chi connectivity index (χ0n) is 13.5. The predicted octanol–water partition coefficient (Wildman–Crippen LogP) is 3.54. The number of carbonyl (C=O) groups excluding carboxylic acids is 1. The van der Waals surface area contributed by atoms with E-state index in [0.29, 0.717) is 34.6 Å². The summed E-state index contributed by atoms with van der Waals surface area (Å²) < 4.78 is 10.6. The van der Waals surface area contributed by atoms with Crippen LogP contribution in [0.15, 0.2) is 53.1 Å². The molecule has 3 aromatic rings. The molecule has 0 unspecified atom stereocenters. The Bertz CT molecular complexity index is 879. The van der Waals surface area contributed by atoms with Crippen LogP contribution in [0.2, 0.25) is 5.02 Å². The fourth-order valence-corrected chi connectivity index (χ4v) is 2.44. The van der Waals surface area contributed by atoms with E-state index in [-0.39, 0.29) is 12.5 Å². The fraction of sp³-hybridized carbons (Fsp3) is 0.167. The average molecular weight is 358 g/mol. The van der Waals surface area contributed by atoms with Crippen LogP contribution >= 0.6 is 11.6 Å². The number of benzene rings is 2. The molecule has 0 saturated heterocycles. The van der Waals surface area contributed by atoms with Crippen LogP contribution in [0.1, 0.15) is 27.6 Å². The number of nitrogens with one attached hydrogen (secondary N) is 1. The second kappa shape index (κ2) is 7.81. The normalized spacial score (nSPS) is 10.5. The third-order valence-electron chi connectivity index (χ3n) is 3.46. The molecule has 0 saturated carbocycles. The SMILES string of the molecule is Cc1nc(COc2ccccc2C(=O)NCc2ccccc2Cl)no1. The lowest BCUT2D eigenvalue weighted by Gasteiger charge is -2.11. The molecule has 0 atom stereocenters. The Labute approximate surface area is 149 Å². The van der Waals surface area contributed by atoms with Crippen molar-refractivity contribution in [3.8, 4) is 5.75 Å². The van der Waals surface area contributed by atoms with E-state index in [4.69, 9.17) is 20.9 Å². The molecule has 0 radical (unpaired) electrons. The number of para-hydroxylation sites is 1. The summed E-state index contributed by atoms with van der Waals surface area (Å²) in [7, 11) is 0. The molecular weight excluding hydrogens is 342 g/mol. The van der Waals surface area contributed by atoms with Crippen LogP contribution in [-0.2, 0) is 13.2 Å². The minimum absolute atomic E-state index is 0.117. The van der Waals surface area contributed by atoms with Crippen molar-refractivity contribution in [2.75, 3.05) is 0 Å². The van der Waals surface area contributed by atoms with Crippen molar-refractivity contribution in [1.82, 2.24) is 15.5 Å². The van der Waals surface area contributed by atoms with E-state index >= 15 is 0 Å². The van der Waals surface area contributed by atoms with Crippen molar-refractivity contribution in [2.24, 2.45) is 0 Å². The first kappa shape index (κ1) is 17.0. The predicted molar refractivity (Wildman–Crippen MR) is 92.4 cm³/mol. The van der Waals surface area contributed by atoms with E-state index in [9.17, 15) is 4.79 Å². The molecule has 0 spiro atoms. The van der Waals surface area contributed by atoms with E-state index in [2.05, 4.69) is 15.5 Å². The Kier molecular flexibility index (Phi) is 5.30. The van der Waals surface area contributed by atoms with Crippen molar-refractivity contribution >= 4 is 17.5 Å². The van der Waals surface area contributed by atoms with Crippen LogP contribution in [0.3, 0.4) is 0 Å². The van der Waals surface area contributed by atoms with E-state index in [0.717, 1.165) is 5.56 Å². The monoisotopic (exact) mass is 357 g/mol. The Hall–Kier alpha value is -2.86. The van der Waals surface area contributed by atoms with Gasteiger partial charge in [-0.25, -0.2) is 0 Å². The van der Waals surface area contributed by atoms with Crippen LogP contribution in [0, 0.1) is 6.92 Å². The minimum Gasteiger partial charge on any atom is -0.485 e. The van der Waals surface area contributed by atoms with Gasteiger partial charge in [0.05, 0.1) is 5.56 Å². The molecule has 2 aromatic carbocycles. The number of nitrogens with zero attached hydrogens (tertiary/aromatic N) is 2. The van der Waals surface area contributed by atoms with Crippen LogP contribution in [0.5, 0.6) is 5.75 Å². The van der Waals surface area contributed by atoms with Gasteiger partial charge in [-0.2, -0.15) is 4.98 Å². The highest BCUT2D eigenvalue weighted by Crippen LogP contribution is 2.20. The van der Waals surface area contributed by atoms with Crippen molar-refractivity contribution in [3.63, 3.8) is 0 Å². The number of carbonyl (C=O) groups is 1. The number of rotatable bonds is 6. The minimum atomic E-state index is -0.250. The van der Waals surface area contributed by atoms with Gasteiger partial charge < -0.3 is 14.6 Å². The summed E-state index contributed by atoms with van der Waals surface area (Å²) in [5.41, 5.74) is 1.27. The van der Waals surface area contributed by atoms with E-state index in [1.54, 1.807) is 37.3 Å². The smallest absolute Gasteiger partial charge is 0.255 e. The molecule has 3 rings (SSSR count). The van der Waals surface area contributed by atoms with Gasteiger partial charge in [0.15, 0.2) is 6.61 Å². The molecule has 128 valence electrons. The van der Waals surface area contributed by atoms with Crippen LogP contribution in [0.25, 0.3) is 0 Å². The lowest BCUT2D eigenvalue weighted by molar-refractivity contribution is 0.0946. The van der Waals surface area contributed by atoms with Gasteiger partial charge in [-0.15, -0.1) is 0 Å². The van der Waals surface area contributed by atoms with Gasteiger partial charge in [-0.05, 0) is 23.8 Å². The molecule has 1 heterocycles. The van der Waals surface area contributed by atoms with Gasteiger partial charge in [0.25, 0.3) is 5.91 Å². The van der Waals surface area contributed by atoms with Crippen LogP contribution < -0.4 is 10.1 Å². The molecule has 0 bridgehead atoms. The number of halogens is 1. The van der Waals surface area contributed by atoms with E-state index < -0.39 is 0 Å². The lowest BCUT2D eigenvalue weighted by Crippen LogP contribution is -2.23. The second-order valence-corrected chi connectivity index (χ2v) is 5.70. The van der Waals surface area contributed by atoms with Gasteiger partial charge in [0.1, 0.15) is 5.75 Å². The molecule has 1 amide bonds. The maximum Gasteiger partial charge on any atom is 0.255 e. The number of hydrogen-bond acceptors (Lipinski definition) is 5. The lowest BCUT2D eigenvalue weighted by atomic mass is 10.1.